The van der Waals surface area contributed by atoms with Crippen LogP contribution in [0.25, 0.3) is 0 Å². The molecule has 0 aliphatic carbocycles. The van der Waals surface area contributed by atoms with Gasteiger partial charge in [0.15, 0.2) is 0 Å². The third kappa shape index (κ3) is 3.11. The van der Waals surface area contributed by atoms with Crippen LogP contribution in [0, 0.1) is 0 Å². The summed E-state index contributed by atoms with van der Waals surface area (Å²) in [5.41, 5.74) is 0. The van der Waals surface area contributed by atoms with Crippen LogP contribution in [0.1, 0.15) is 32.1 Å². The molecule has 0 saturated carbocycles. The first kappa shape index (κ1) is 11.7. The number of hydrogen-bond donors (Lipinski definition) is 0. The standard InChI is InChI=1S/C12H22N2O2/c15-12(14-8-10-16-11-9-14)13-6-4-2-1-3-5-7-13/h1-11H2. The van der Waals surface area contributed by atoms with Crippen molar-refractivity contribution < 1.29 is 9.53 Å². The van der Waals surface area contributed by atoms with Crippen molar-refractivity contribution in [1.82, 2.24) is 9.80 Å². The maximum absolute atomic E-state index is 12.2. The summed E-state index contributed by atoms with van der Waals surface area (Å²) >= 11 is 0. The average molecular weight is 226 g/mol. The van der Waals surface area contributed by atoms with Gasteiger partial charge in [-0.25, -0.2) is 4.79 Å². The number of likely N-dealkylation sites (tertiary alicyclic amines) is 1. The molecule has 2 saturated heterocycles. The van der Waals surface area contributed by atoms with Gasteiger partial charge in [-0.1, -0.05) is 19.3 Å². The fourth-order valence-corrected chi connectivity index (χ4v) is 2.39. The molecule has 0 spiro atoms. The highest BCUT2D eigenvalue weighted by Gasteiger charge is 2.22. The number of nitrogens with zero attached hydrogens (tertiary/aromatic N) is 2. The second kappa shape index (κ2) is 6.09. The number of rotatable bonds is 0. The van der Waals surface area contributed by atoms with Crippen molar-refractivity contribution in [3.63, 3.8) is 0 Å². The minimum absolute atomic E-state index is 0.227. The van der Waals surface area contributed by atoms with Crippen LogP contribution in [0.2, 0.25) is 0 Å². The van der Waals surface area contributed by atoms with Crippen LogP contribution in [0.15, 0.2) is 0 Å². The van der Waals surface area contributed by atoms with E-state index in [1.807, 2.05) is 9.80 Å². The molecule has 2 aliphatic rings. The average Bonchev–Trinajstić information content (AvgIpc) is 2.29. The fourth-order valence-electron chi connectivity index (χ4n) is 2.39. The topological polar surface area (TPSA) is 32.8 Å². The van der Waals surface area contributed by atoms with Crippen LogP contribution < -0.4 is 0 Å². The van der Waals surface area contributed by atoms with E-state index in [4.69, 9.17) is 4.74 Å². The normalized spacial score (nSPS) is 23.8. The Balaban J connectivity index is 1.85. The molecule has 92 valence electrons. The molecule has 2 rings (SSSR count). The number of carbonyl (C=O) groups is 1. The molecular formula is C12H22N2O2. The molecule has 2 amide bonds. The van der Waals surface area contributed by atoms with Crippen molar-refractivity contribution in [3.8, 4) is 0 Å². The monoisotopic (exact) mass is 226 g/mol. The summed E-state index contributed by atoms with van der Waals surface area (Å²) in [6.07, 6.45) is 6.20. The molecule has 0 atom stereocenters. The van der Waals surface area contributed by atoms with Crippen molar-refractivity contribution in [1.29, 1.82) is 0 Å². The molecular weight excluding hydrogens is 204 g/mol. The summed E-state index contributed by atoms with van der Waals surface area (Å²) in [6, 6.07) is 0.227. The van der Waals surface area contributed by atoms with E-state index in [0.717, 1.165) is 39.0 Å². The molecule has 0 aromatic carbocycles. The van der Waals surface area contributed by atoms with Crippen LogP contribution in [0.4, 0.5) is 4.79 Å². The predicted octanol–water partition coefficient (Wildman–Crippen LogP) is 1.70. The number of amides is 2. The molecule has 4 nitrogen and oxygen atoms in total. The molecule has 2 fully saturated rings. The molecule has 0 aromatic heterocycles. The van der Waals surface area contributed by atoms with Gasteiger partial charge in [-0.15, -0.1) is 0 Å². The molecule has 0 unspecified atom stereocenters. The number of morpholine rings is 1. The first-order valence-corrected chi connectivity index (χ1v) is 6.49. The van der Waals surface area contributed by atoms with Crippen LogP contribution in [-0.4, -0.2) is 55.2 Å². The number of carbonyl (C=O) groups excluding carboxylic acids is 1. The Morgan fingerprint density at radius 3 is 1.88 bits per heavy atom. The molecule has 0 aromatic rings. The Hall–Kier alpha value is -0.770. The first-order chi connectivity index (χ1) is 7.88. The summed E-state index contributed by atoms with van der Waals surface area (Å²) < 4.78 is 5.27. The zero-order valence-corrected chi connectivity index (χ0v) is 9.99. The molecule has 0 N–H and O–H groups in total. The SMILES string of the molecule is O=C(N1CCCCCCC1)N1CCOCC1. The Labute approximate surface area is 97.5 Å². The lowest BCUT2D eigenvalue weighted by molar-refractivity contribution is 0.0426. The molecule has 4 heteroatoms. The Kier molecular flexibility index (Phi) is 4.45. The van der Waals surface area contributed by atoms with Crippen LogP contribution >= 0.6 is 0 Å². The van der Waals surface area contributed by atoms with Crippen molar-refractivity contribution in [2.45, 2.75) is 32.1 Å². The highest BCUT2D eigenvalue weighted by atomic mass is 16.5. The number of urea groups is 1. The lowest BCUT2D eigenvalue weighted by Crippen LogP contribution is -2.48. The van der Waals surface area contributed by atoms with Gasteiger partial charge < -0.3 is 14.5 Å². The maximum Gasteiger partial charge on any atom is 0.320 e. The summed E-state index contributed by atoms with van der Waals surface area (Å²) in [6.45, 7) is 4.79. The van der Waals surface area contributed by atoms with Crippen molar-refractivity contribution >= 4 is 6.03 Å². The van der Waals surface area contributed by atoms with E-state index in [9.17, 15) is 4.79 Å². The van der Waals surface area contributed by atoms with E-state index < -0.39 is 0 Å². The zero-order chi connectivity index (χ0) is 11.2. The number of ether oxygens (including phenoxy) is 1. The van der Waals surface area contributed by atoms with Gasteiger partial charge in [-0.2, -0.15) is 0 Å². The third-order valence-corrected chi connectivity index (χ3v) is 3.41. The molecule has 0 radical (unpaired) electrons. The Morgan fingerprint density at radius 1 is 0.750 bits per heavy atom. The van der Waals surface area contributed by atoms with Crippen molar-refractivity contribution in [3.05, 3.63) is 0 Å². The summed E-state index contributed by atoms with van der Waals surface area (Å²) in [5.74, 6) is 0. The minimum Gasteiger partial charge on any atom is -0.378 e. The predicted molar refractivity (Wildman–Crippen MR) is 62.4 cm³/mol. The van der Waals surface area contributed by atoms with E-state index in [0.29, 0.717) is 13.2 Å². The maximum atomic E-state index is 12.2. The van der Waals surface area contributed by atoms with Gasteiger partial charge in [-0.05, 0) is 12.8 Å². The summed E-state index contributed by atoms with van der Waals surface area (Å²) in [4.78, 5) is 16.2. The Morgan fingerprint density at radius 2 is 1.25 bits per heavy atom. The van der Waals surface area contributed by atoms with E-state index in [2.05, 4.69) is 0 Å². The minimum atomic E-state index is 0.227. The van der Waals surface area contributed by atoms with E-state index in [1.54, 1.807) is 0 Å². The molecule has 16 heavy (non-hydrogen) atoms. The number of hydrogen-bond acceptors (Lipinski definition) is 2. The lowest BCUT2D eigenvalue weighted by atomic mass is 10.1. The zero-order valence-electron chi connectivity index (χ0n) is 9.99. The summed E-state index contributed by atoms with van der Waals surface area (Å²) in [5, 5.41) is 0. The molecule has 2 aliphatic heterocycles. The van der Waals surface area contributed by atoms with Gasteiger partial charge in [0.25, 0.3) is 0 Å². The smallest absolute Gasteiger partial charge is 0.320 e. The molecule has 0 bridgehead atoms. The summed E-state index contributed by atoms with van der Waals surface area (Å²) in [7, 11) is 0. The van der Waals surface area contributed by atoms with E-state index in [-0.39, 0.29) is 6.03 Å². The van der Waals surface area contributed by atoms with Gasteiger partial charge in [-0.3, -0.25) is 0 Å². The second-order valence-electron chi connectivity index (χ2n) is 4.64. The van der Waals surface area contributed by atoms with Gasteiger partial charge >= 0.3 is 6.03 Å². The van der Waals surface area contributed by atoms with E-state index in [1.165, 1.54) is 19.3 Å². The van der Waals surface area contributed by atoms with Crippen LogP contribution in [-0.2, 0) is 4.74 Å². The van der Waals surface area contributed by atoms with Crippen LogP contribution in [0.3, 0.4) is 0 Å². The fraction of sp³-hybridized carbons (Fsp3) is 0.917. The van der Waals surface area contributed by atoms with Crippen LogP contribution in [0.5, 0.6) is 0 Å². The largest absolute Gasteiger partial charge is 0.378 e. The highest BCUT2D eigenvalue weighted by Crippen LogP contribution is 2.12. The first-order valence-electron chi connectivity index (χ1n) is 6.49. The van der Waals surface area contributed by atoms with Gasteiger partial charge in [0.1, 0.15) is 0 Å². The molecule has 2 heterocycles. The van der Waals surface area contributed by atoms with E-state index >= 15 is 0 Å². The van der Waals surface area contributed by atoms with Gasteiger partial charge in [0, 0.05) is 26.2 Å². The Bertz CT molecular complexity index is 219. The van der Waals surface area contributed by atoms with Gasteiger partial charge in [0.05, 0.1) is 13.2 Å². The lowest BCUT2D eigenvalue weighted by Gasteiger charge is -2.33. The highest BCUT2D eigenvalue weighted by molar-refractivity contribution is 5.74. The quantitative estimate of drug-likeness (QED) is 0.630. The van der Waals surface area contributed by atoms with Gasteiger partial charge in [0.2, 0.25) is 0 Å². The third-order valence-electron chi connectivity index (χ3n) is 3.41. The van der Waals surface area contributed by atoms with Crippen molar-refractivity contribution in [2.75, 3.05) is 39.4 Å². The second-order valence-corrected chi connectivity index (χ2v) is 4.64. The van der Waals surface area contributed by atoms with Crippen molar-refractivity contribution in [2.24, 2.45) is 0 Å².